The summed E-state index contributed by atoms with van der Waals surface area (Å²) in [6.07, 6.45) is 1.58. The van der Waals surface area contributed by atoms with Gasteiger partial charge >= 0.3 is 0 Å². The SMILES string of the molecule is CCN(Cc1ccccc1N)c1ncns1. The zero-order chi connectivity index (χ0) is 11.4. The summed E-state index contributed by atoms with van der Waals surface area (Å²) in [5.41, 5.74) is 7.87. The zero-order valence-electron chi connectivity index (χ0n) is 9.13. The van der Waals surface area contributed by atoms with E-state index < -0.39 is 0 Å². The lowest BCUT2D eigenvalue weighted by Crippen LogP contribution is -2.22. The van der Waals surface area contributed by atoms with Crippen molar-refractivity contribution in [1.82, 2.24) is 9.36 Å². The highest BCUT2D eigenvalue weighted by Crippen LogP contribution is 2.20. The molecule has 0 bridgehead atoms. The molecular formula is C11H14N4S. The standard InChI is InChI=1S/C11H14N4S/c1-2-15(11-13-8-14-16-11)7-9-5-3-4-6-10(9)12/h3-6,8H,2,7,12H2,1H3. The summed E-state index contributed by atoms with van der Waals surface area (Å²) in [6.45, 7) is 3.77. The largest absolute Gasteiger partial charge is 0.398 e. The van der Waals surface area contributed by atoms with Crippen LogP contribution in [-0.4, -0.2) is 15.9 Å². The van der Waals surface area contributed by atoms with Gasteiger partial charge in [0.2, 0.25) is 5.13 Å². The summed E-state index contributed by atoms with van der Waals surface area (Å²) in [5.74, 6) is 0. The summed E-state index contributed by atoms with van der Waals surface area (Å²) in [4.78, 5) is 6.36. The number of hydrogen-bond acceptors (Lipinski definition) is 5. The van der Waals surface area contributed by atoms with Gasteiger partial charge in [0, 0.05) is 30.3 Å². The van der Waals surface area contributed by atoms with Gasteiger partial charge in [-0.1, -0.05) is 18.2 Å². The number of rotatable bonds is 4. The molecule has 2 rings (SSSR count). The van der Waals surface area contributed by atoms with E-state index in [-0.39, 0.29) is 0 Å². The van der Waals surface area contributed by atoms with Crippen molar-refractivity contribution in [1.29, 1.82) is 0 Å². The van der Waals surface area contributed by atoms with Crippen molar-refractivity contribution in [3.05, 3.63) is 36.2 Å². The van der Waals surface area contributed by atoms with Crippen LogP contribution in [0.3, 0.4) is 0 Å². The molecule has 4 nitrogen and oxygen atoms in total. The third kappa shape index (κ3) is 2.30. The van der Waals surface area contributed by atoms with Crippen molar-refractivity contribution in [3.8, 4) is 0 Å². The number of nitrogens with zero attached hydrogens (tertiary/aromatic N) is 3. The van der Waals surface area contributed by atoms with Gasteiger partial charge < -0.3 is 10.6 Å². The lowest BCUT2D eigenvalue weighted by atomic mass is 10.2. The maximum absolute atomic E-state index is 5.92. The first-order valence-electron chi connectivity index (χ1n) is 5.16. The van der Waals surface area contributed by atoms with Crippen molar-refractivity contribution < 1.29 is 0 Å². The Kier molecular flexibility index (Phi) is 3.36. The minimum absolute atomic E-state index is 0.776. The molecule has 16 heavy (non-hydrogen) atoms. The number of aromatic nitrogens is 2. The molecule has 0 spiro atoms. The molecule has 0 aliphatic carbocycles. The van der Waals surface area contributed by atoms with Crippen LogP contribution < -0.4 is 10.6 Å². The number of benzene rings is 1. The molecule has 0 aliphatic rings. The molecule has 0 aliphatic heterocycles. The third-order valence-electron chi connectivity index (χ3n) is 2.42. The van der Waals surface area contributed by atoms with Gasteiger partial charge in [0.1, 0.15) is 6.33 Å². The number of anilines is 2. The molecule has 0 amide bonds. The summed E-state index contributed by atoms with van der Waals surface area (Å²) in [7, 11) is 0. The molecular weight excluding hydrogens is 220 g/mol. The van der Waals surface area contributed by atoms with E-state index >= 15 is 0 Å². The third-order valence-corrected chi connectivity index (χ3v) is 3.14. The van der Waals surface area contributed by atoms with E-state index in [9.17, 15) is 0 Å². The molecule has 0 radical (unpaired) electrons. The summed E-state index contributed by atoms with van der Waals surface area (Å²) in [5, 5.41) is 0.936. The van der Waals surface area contributed by atoms with Gasteiger partial charge in [0.05, 0.1) is 0 Å². The van der Waals surface area contributed by atoms with Crippen LogP contribution in [0.5, 0.6) is 0 Å². The van der Waals surface area contributed by atoms with E-state index in [1.165, 1.54) is 11.5 Å². The van der Waals surface area contributed by atoms with Gasteiger partial charge in [-0.15, -0.1) is 0 Å². The first kappa shape index (κ1) is 10.9. The second-order valence-electron chi connectivity index (χ2n) is 3.44. The Morgan fingerprint density at radius 3 is 2.81 bits per heavy atom. The van der Waals surface area contributed by atoms with Gasteiger partial charge in [0.15, 0.2) is 0 Å². The summed E-state index contributed by atoms with van der Waals surface area (Å²) < 4.78 is 4.01. The van der Waals surface area contributed by atoms with Crippen molar-refractivity contribution in [3.63, 3.8) is 0 Å². The minimum Gasteiger partial charge on any atom is -0.398 e. The molecule has 0 saturated carbocycles. The van der Waals surface area contributed by atoms with Gasteiger partial charge in [-0.3, -0.25) is 0 Å². The van der Waals surface area contributed by atoms with E-state index in [0.717, 1.165) is 29.5 Å². The highest BCUT2D eigenvalue weighted by atomic mass is 32.1. The van der Waals surface area contributed by atoms with Crippen LogP contribution >= 0.6 is 11.5 Å². The number of para-hydroxylation sites is 1. The monoisotopic (exact) mass is 234 g/mol. The van der Waals surface area contributed by atoms with E-state index in [4.69, 9.17) is 5.73 Å². The smallest absolute Gasteiger partial charge is 0.205 e. The van der Waals surface area contributed by atoms with Crippen LogP contribution in [-0.2, 0) is 6.54 Å². The summed E-state index contributed by atoms with van der Waals surface area (Å²) in [6, 6.07) is 7.90. The van der Waals surface area contributed by atoms with Gasteiger partial charge in [-0.25, -0.2) is 4.98 Å². The maximum atomic E-state index is 5.92. The minimum atomic E-state index is 0.776. The van der Waals surface area contributed by atoms with Gasteiger partial charge in [-0.2, -0.15) is 4.37 Å². The zero-order valence-corrected chi connectivity index (χ0v) is 9.94. The van der Waals surface area contributed by atoms with Crippen molar-refractivity contribution >= 4 is 22.4 Å². The van der Waals surface area contributed by atoms with Crippen LogP contribution in [0, 0.1) is 0 Å². The van der Waals surface area contributed by atoms with E-state index in [1.807, 2.05) is 24.3 Å². The molecule has 0 fully saturated rings. The Labute approximate surface area is 98.9 Å². The maximum Gasteiger partial charge on any atom is 0.205 e. The van der Waals surface area contributed by atoms with Gasteiger partial charge in [-0.05, 0) is 18.6 Å². The van der Waals surface area contributed by atoms with Crippen LogP contribution in [0.2, 0.25) is 0 Å². The predicted octanol–water partition coefficient (Wildman–Crippen LogP) is 2.15. The topological polar surface area (TPSA) is 55.0 Å². The molecule has 1 heterocycles. The Balaban J connectivity index is 2.17. The molecule has 1 aromatic heterocycles. The first-order chi connectivity index (χ1) is 7.81. The number of nitrogens with two attached hydrogens (primary N) is 1. The Morgan fingerprint density at radius 1 is 1.38 bits per heavy atom. The van der Waals surface area contributed by atoms with E-state index in [0.29, 0.717) is 0 Å². The Morgan fingerprint density at radius 2 is 2.19 bits per heavy atom. The van der Waals surface area contributed by atoms with Crippen molar-refractivity contribution in [2.24, 2.45) is 0 Å². The van der Waals surface area contributed by atoms with Crippen LogP contribution in [0.4, 0.5) is 10.8 Å². The lowest BCUT2D eigenvalue weighted by molar-refractivity contribution is 0.828. The Hall–Kier alpha value is -1.62. The average molecular weight is 234 g/mol. The number of nitrogen functional groups attached to an aromatic ring is 1. The first-order valence-corrected chi connectivity index (χ1v) is 5.93. The predicted molar refractivity (Wildman–Crippen MR) is 67.5 cm³/mol. The van der Waals surface area contributed by atoms with Crippen LogP contribution in [0.25, 0.3) is 0 Å². The quantitative estimate of drug-likeness (QED) is 0.823. The van der Waals surface area contributed by atoms with Crippen molar-refractivity contribution in [2.45, 2.75) is 13.5 Å². The highest BCUT2D eigenvalue weighted by molar-refractivity contribution is 7.09. The molecule has 0 atom stereocenters. The van der Waals surface area contributed by atoms with Crippen LogP contribution in [0.15, 0.2) is 30.6 Å². The average Bonchev–Trinajstić information content (AvgIpc) is 2.81. The summed E-state index contributed by atoms with van der Waals surface area (Å²) >= 11 is 1.40. The van der Waals surface area contributed by atoms with Crippen LogP contribution in [0.1, 0.15) is 12.5 Å². The van der Waals surface area contributed by atoms with Gasteiger partial charge in [0.25, 0.3) is 0 Å². The fourth-order valence-electron chi connectivity index (χ4n) is 1.51. The molecule has 1 aromatic carbocycles. The lowest BCUT2D eigenvalue weighted by Gasteiger charge is -2.20. The second kappa shape index (κ2) is 4.94. The van der Waals surface area contributed by atoms with E-state index in [1.54, 1.807) is 6.33 Å². The number of hydrogen-bond donors (Lipinski definition) is 1. The second-order valence-corrected chi connectivity index (χ2v) is 4.20. The molecule has 0 unspecified atom stereocenters. The molecule has 0 saturated heterocycles. The normalized spacial score (nSPS) is 10.3. The fraction of sp³-hybridized carbons (Fsp3) is 0.273. The van der Waals surface area contributed by atoms with E-state index in [2.05, 4.69) is 21.2 Å². The molecule has 5 heteroatoms. The fourth-order valence-corrected chi connectivity index (χ4v) is 2.10. The molecule has 2 aromatic rings. The Bertz CT molecular complexity index is 441. The van der Waals surface area contributed by atoms with Crippen molar-refractivity contribution in [2.75, 3.05) is 17.2 Å². The molecule has 2 N–H and O–H groups in total. The highest BCUT2D eigenvalue weighted by Gasteiger charge is 2.09. The molecule has 84 valence electrons.